The number of amides is 3. The molecule has 2 aliphatic rings. The summed E-state index contributed by atoms with van der Waals surface area (Å²) in [6.45, 7) is 5.41. The van der Waals surface area contributed by atoms with Crippen molar-refractivity contribution in [2.75, 3.05) is 19.6 Å². The molecule has 0 bridgehead atoms. The Morgan fingerprint density at radius 3 is 2.73 bits per heavy atom. The second-order valence-electron chi connectivity index (χ2n) is 6.90. The molecule has 1 fully saturated rings. The number of carbonyl (C=O) groups excluding carboxylic acids is 2. The van der Waals surface area contributed by atoms with Crippen LogP contribution in [0.5, 0.6) is 0 Å². The number of furan rings is 1. The Hall–Kier alpha value is -2.28. The molecule has 7 heteroatoms. The first-order valence-corrected chi connectivity index (χ1v) is 9.91. The van der Waals surface area contributed by atoms with Crippen LogP contribution in [-0.2, 0) is 19.5 Å². The van der Waals surface area contributed by atoms with Gasteiger partial charge in [0.25, 0.3) is 5.91 Å². The quantitative estimate of drug-likeness (QED) is 0.899. The fourth-order valence-electron chi connectivity index (χ4n) is 3.56. The first-order valence-electron chi connectivity index (χ1n) is 9.09. The highest BCUT2D eigenvalue weighted by molar-refractivity contribution is 7.12. The van der Waals surface area contributed by atoms with E-state index in [2.05, 4.69) is 11.4 Å². The van der Waals surface area contributed by atoms with Crippen LogP contribution in [0.3, 0.4) is 0 Å². The third kappa shape index (κ3) is 3.49. The Balaban J connectivity index is 1.37. The summed E-state index contributed by atoms with van der Waals surface area (Å²) < 4.78 is 5.46. The topological polar surface area (TPSA) is 65.8 Å². The fourth-order valence-corrected chi connectivity index (χ4v) is 4.67. The minimum Gasteiger partial charge on any atom is -0.456 e. The van der Waals surface area contributed by atoms with Crippen molar-refractivity contribution < 1.29 is 14.0 Å². The Kier molecular flexibility index (Phi) is 4.72. The number of nitrogens with zero attached hydrogens (tertiary/aromatic N) is 2. The summed E-state index contributed by atoms with van der Waals surface area (Å²) in [4.78, 5) is 30.8. The Morgan fingerprint density at radius 2 is 2.00 bits per heavy atom. The average Bonchev–Trinajstić information content (AvgIpc) is 3.38. The van der Waals surface area contributed by atoms with Gasteiger partial charge in [-0.2, -0.15) is 0 Å². The number of nitrogens with one attached hydrogen (secondary N) is 1. The lowest BCUT2D eigenvalue weighted by molar-refractivity contribution is 0.0702. The summed E-state index contributed by atoms with van der Waals surface area (Å²) in [5, 5.41) is 3.01. The van der Waals surface area contributed by atoms with E-state index >= 15 is 0 Å². The second-order valence-corrected chi connectivity index (χ2v) is 8.12. The van der Waals surface area contributed by atoms with Crippen molar-refractivity contribution in [2.24, 2.45) is 0 Å². The third-order valence-electron chi connectivity index (χ3n) is 4.96. The lowest BCUT2D eigenvalue weighted by Gasteiger charge is -2.26. The number of urea groups is 1. The highest BCUT2D eigenvalue weighted by Crippen LogP contribution is 2.29. The molecule has 1 N–H and O–H groups in total. The number of hydrogen-bond donors (Lipinski definition) is 1. The molecule has 2 aromatic rings. The van der Waals surface area contributed by atoms with Crippen LogP contribution in [0.2, 0.25) is 0 Å². The zero-order valence-electron chi connectivity index (χ0n) is 14.9. The van der Waals surface area contributed by atoms with E-state index in [4.69, 9.17) is 4.42 Å². The maximum atomic E-state index is 12.6. The van der Waals surface area contributed by atoms with Crippen LogP contribution in [0.15, 0.2) is 22.6 Å². The normalized spacial score (nSPS) is 16.7. The first-order chi connectivity index (χ1) is 12.6. The van der Waals surface area contributed by atoms with Crippen LogP contribution in [0.1, 0.15) is 44.5 Å². The predicted molar refractivity (Wildman–Crippen MR) is 99.3 cm³/mol. The van der Waals surface area contributed by atoms with Gasteiger partial charge < -0.3 is 19.5 Å². The summed E-state index contributed by atoms with van der Waals surface area (Å²) in [7, 11) is 0. The van der Waals surface area contributed by atoms with Crippen LogP contribution >= 0.6 is 11.3 Å². The molecule has 26 heavy (non-hydrogen) atoms. The van der Waals surface area contributed by atoms with Crippen molar-refractivity contribution in [3.63, 3.8) is 0 Å². The second kappa shape index (κ2) is 7.15. The Morgan fingerprint density at radius 1 is 1.19 bits per heavy atom. The maximum Gasteiger partial charge on any atom is 0.317 e. The number of rotatable bonds is 3. The van der Waals surface area contributed by atoms with Crippen molar-refractivity contribution in [1.82, 2.24) is 15.1 Å². The van der Waals surface area contributed by atoms with E-state index in [-0.39, 0.29) is 11.9 Å². The molecule has 0 atom stereocenters. The first kappa shape index (κ1) is 17.1. The van der Waals surface area contributed by atoms with Crippen molar-refractivity contribution >= 4 is 23.3 Å². The molecule has 1 saturated heterocycles. The van der Waals surface area contributed by atoms with E-state index < -0.39 is 0 Å². The van der Waals surface area contributed by atoms with Crippen molar-refractivity contribution in [1.29, 1.82) is 0 Å². The number of likely N-dealkylation sites (tertiary alicyclic amines) is 1. The molecule has 0 aliphatic carbocycles. The summed E-state index contributed by atoms with van der Waals surface area (Å²) >= 11 is 1.74. The molecule has 3 amide bonds. The van der Waals surface area contributed by atoms with Crippen LogP contribution in [0, 0.1) is 6.92 Å². The summed E-state index contributed by atoms with van der Waals surface area (Å²) in [5.41, 5.74) is 1.18. The zero-order chi connectivity index (χ0) is 18.1. The van der Waals surface area contributed by atoms with Crippen LogP contribution in [0.4, 0.5) is 4.79 Å². The minimum absolute atomic E-state index is 0.0267. The van der Waals surface area contributed by atoms with Gasteiger partial charge in [0, 0.05) is 35.9 Å². The largest absolute Gasteiger partial charge is 0.456 e. The molecular weight excluding hydrogens is 350 g/mol. The molecule has 2 aromatic heterocycles. The number of fused-ring (bicyclic) bond motifs is 1. The lowest BCUT2D eigenvalue weighted by Crippen LogP contribution is -2.37. The van der Waals surface area contributed by atoms with E-state index in [0.717, 1.165) is 43.0 Å². The molecule has 0 spiro atoms. The van der Waals surface area contributed by atoms with Gasteiger partial charge in [-0.25, -0.2) is 4.79 Å². The highest BCUT2D eigenvalue weighted by Gasteiger charge is 2.25. The molecule has 2 aliphatic heterocycles. The molecule has 4 rings (SSSR count). The molecule has 0 unspecified atom stereocenters. The Labute approximate surface area is 156 Å². The monoisotopic (exact) mass is 373 g/mol. The molecule has 0 aromatic carbocycles. The smallest absolute Gasteiger partial charge is 0.317 e. The van der Waals surface area contributed by atoms with Crippen LogP contribution in [-0.4, -0.2) is 41.4 Å². The van der Waals surface area contributed by atoms with E-state index in [1.807, 2.05) is 22.8 Å². The number of carbonyl (C=O) groups is 2. The van der Waals surface area contributed by atoms with E-state index in [9.17, 15) is 9.59 Å². The van der Waals surface area contributed by atoms with Gasteiger partial charge >= 0.3 is 6.03 Å². The molecule has 0 radical (unpaired) electrons. The molecule has 4 heterocycles. The molecule has 138 valence electrons. The van der Waals surface area contributed by atoms with Gasteiger partial charge in [-0.3, -0.25) is 4.79 Å². The minimum atomic E-state index is -0.0566. The van der Waals surface area contributed by atoms with Gasteiger partial charge in [0.2, 0.25) is 0 Å². The van der Waals surface area contributed by atoms with Crippen molar-refractivity contribution in [3.8, 4) is 0 Å². The summed E-state index contributed by atoms with van der Waals surface area (Å²) in [6, 6.07) is 5.70. The fraction of sp³-hybridized carbons (Fsp3) is 0.474. The summed E-state index contributed by atoms with van der Waals surface area (Å²) in [6.07, 6.45) is 3.05. The molecule has 0 saturated carbocycles. The number of thiophene rings is 1. The van der Waals surface area contributed by atoms with Crippen molar-refractivity contribution in [2.45, 2.75) is 39.3 Å². The van der Waals surface area contributed by atoms with Crippen LogP contribution in [0.25, 0.3) is 0 Å². The van der Waals surface area contributed by atoms with E-state index in [0.29, 0.717) is 25.4 Å². The number of aryl methyl sites for hydroxylation is 1. The average molecular weight is 373 g/mol. The zero-order valence-corrected chi connectivity index (χ0v) is 15.7. The Bertz CT molecular complexity index is 820. The van der Waals surface area contributed by atoms with Crippen LogP contribution < -0.4 is 5.32 Å². The molecule has 6 nitrogen and oxygen atoms in total. The molecular formula is C19H23N3O3S. The van der Waals surface area contributed by atoms with Gasteiger partial charge in [0.05, 0.1) is 6.54 Å². The summed E-state index contributed by atoms with van der Waals surface area (Å²) in [5.74, 6) is 1.09. The predicted octanol–water partition coefficient (Wildman–Crippen LogP) is 3.15. The number of hydrogen-bond acceptors (Lipinski definition) is 4. The SMILES string of the molecule is Cc1ccc(C(=O)N2CCc3sc(CNC(=O)N4CCCC4)cc3C2)o1. The standard InChI is InChI=1S/C19H23N3O3S/c1-13-4-5-16(25-13)18(23)22-9-6-17-14(12-22)10-15(26-17)11-20-19(24)21-7-2-3-8-21/h4-5,10H,2-3,6-9,11-12H2,1H3,(H,20,24). The van der Waals surface area contributed by atoms with Gasteiger partial charge in [-0.05, 0) is 49.9 Å². The maximum absolute atomic E-state index is 12.6. The van der Waals surface area contributed by atoms with Gasteiger partial charge in [0.15, 0.2) is 5.76 Å². The third-order valence-corrected chi connectivity index (χ3v) is 6.20. The van der Waals surface area contributed by atoms with Crippen molar-refractivity contribution in [3.05, 3.63) is 45.0 Å². The highest BCUT2D eigenvalue weighted by atomic mass is 32.1. The van der Waals surface area contributed by atoms with Gasteiger partial charge in [0.1, 0.15) is 5.76 Å². The van der Waals surface area contributed by atoms with Gasteiger partial charge in [-0.1, -0.05) is 0 Å². The lowest BCUT2D eigenvalue weighted by atomic mass is 10.1. The van der Waals surface area contributed by atoms with E-state index in [1.165, 1.54) is 10.4 Å². The van der Waals surface area contributed by atoms with Gasteiger partial charge in [-0.15, -0.1) is 11.3 Å². The van der Waals surface area contributed by atoms with E-state index in [1.54, 1.807) is 17.4 Å².